The van der Waals surface area contributed by atoms with Crippen LogP contribution in [0.25, 0.3) is 0 Å². The summed E-state index contributed by atoms with van der Waals surface area (Å²) < 4.78 is 1.67. The first kappa shape index (κ1) is 15.7. The maximum Gasteiger partial charge on any atom is 0.343 e. The Morgan fingerprint density at radius 2 is 2.22 bits per heavy atom. The van der Waals surface area contributed by atoms with Crippen molar-refractivity contribution in [3.05, 3.63) is 27.4 Å². The van der Waals surface area contributed by atoms with Crippen molar-refractivity contribution in [1.82, 2.24) is 24.6 Å². The van der Waals surface area contributed by atoms with E-state index >= 15 is 0 Å². The highest BCUT2D eigenvalue weighted by Crippen LogP contribution is 2.27. The summed E-state index contributed by atoms with van der Waals surface area (Å²) in [5.41, 5.74) is 0.325. The smallest absolute Gasteiger partial charge is 0.343 e. The number of aromatic nitrogens is 4. The zero-order chi connectivity index (χ0) is 16.4. The molecule has 0 spiro atoms. The molecule has 0 aliphatic carbocycles. The predicted molar refractivity (Wildman–Crippen MR) is 88.1 cm³/mol. The Labute approximate surface area is 137 Å². The van der Waals surface area contributed by atoms with Gasteiger partial charge in [0.1, 0.15) is 11.5 Å². The number of nitrogens with one attached hydrogen (secondary N) is 2. The fourth-order valence-electron chi connectivity index (χ4n) is 2.94. The number of aromatic amines is 1. The Kier molecular flexibility index (Phi) is 4.46. The topological polar surface area (TPSA) is 95.9 Å². The highest BCUT2D eigenvalue weighted by molar-refractivity contribution is 7.13. The normalized spacial score (nSPS) is 15.8. The number of H-pyrrole nitrogens is 1. The standard InChI is InChI=1S/C14H20N6O2S/c1-3-20-11(17-18-14(20)22)9-4-6-19(7-5-9)12(21)10-8-23-13(15-2)16-10/h8-9H,3-7H2,1-2H3,(H,15,16)(H,18,22). The molecule has 2 aromatic heterocycles. The number of carbonyl (C=O) groups is 1. The minimum absolute atomic E-state index is 0.0314. The number of carbonyl (C=O) groups excluding carboxylic acids is 1. The van der Waals surface area contributed by atoms with Gasteiger partial charge in [0, 0.05) is 38.0 Å². The van der Waals surface area contributed by atoms with E-state index in [2.05, 4.69) is 20.5 Å². The molecule has 0 radical (unpaired) electrons. The fraction of sp³-hybridized carbons (Fsp3) is 0.571. The number of rotatable bonds is 4. The average Bonchev–Trinajstić information content (AvgIpc) is 3.20. The third kappa shape index (κ3) is 3.00. The third-order valence-electron chi connectivity index (χ3n) is 4.19. The van der Waals surface area contributed by atoms with Gasteiger partial charge in [-0.3, -0.25) is 9.36 Å². The maximum absolute atomic E-state index is 12.5. The molecule has 1 aliphatic heterocycles. The number of hydrogen-bond donors (Lipinski definition) is 2. The molecule has 9 heteroatoms. The number of likely N-dealkylation sites (tertiary alicyclic amines) is 1. The van der Waals surface area contributed by atoms with Gasteiger partial charge in [-0.05, 0) is 19.8 Å². The van der Waals surface area contributed by atoms with Crippen LogP contribution >= 0.6 is 11.3 Å². The second-order valence-corrected chi connectivity index (χ2v) is 6.34. The van der Waals surface area contributed by atoms with E-state index in [1.54, 1.807) is 17.0 Å². The highest BCUT2D eigenvalue weighted by atomic mass is 32.1. The summed E-state index contributed by atoms with van der Waals surface area (Å²) in [6.45, 7) is 3.84. The van der Waals surface area contributed by atoms with E-state index in [1.807, 2.05) is 11.8 Å². The van der Waals surface area contributed by atoms with Crippen LogP contribution in [0.5, 0.6) is 0 Å². The zero-order valence-corrected chi connectivity index (χ0v) is 14.0. The van der Waals surface area contributed by atoms with Crippen molar-refractivity contribution in [2.24, 2.45) is 0 Å². The largest absolute Gasteiger partial charge is 0.365 e. The van der Waals surface area contributed by atoms with Crippen LogP contribution in [0.2, 0.25) is 0 Å². The first-order valence-electron chi connectivity index (χ1n) is 7.71. The second kappa shape index (κ2) is 6.53. The summed E-state index contributed by atoms with van der Waals surface area (Å²) in [6.07, 6.45) is 1.61. The van der Waals surface area contributed by atoms with Crippen LogP contribution in [0, 0.1) is 0 Å². The van der Waals surface area contributed by atoms with Crippen molar-refractivity contribution in [2.75, 3.05) is 25.5 Å². The molecule has 3 rings (SSSR count). The molecule has 1 amide bonds. The summed E-state index contributed by atoms with van der Waals surface area (Å²) in [5, 5.41) is 12.1. The van der Waals surface area contributed by atoms with E-state index in [0.29, 0.717) is 25.3 Å². The summed E-state index contributed by atoms with van der Waals surface area (Å²) in [6, 6.07) is 0. The van der Waals surface area contributed by atoms with Crippen molar-refractivity contribution in [1.29, 1.82) is 0 Å². The molecule has 2 aromatic rings. The van der Waals surface area contributed by atoms with Gasteiger partial charge in [-0.2, -0.15) is 5.10 Å². The number of thiazole rings is 1. The van der Waals surface area contributed by atoms with Crippen LogP contribution in [0.3, 0.4) is 0 Å². The monoisotopic (exact) mass is 336 g/mol. The molecular weight excluding hydrogens is 316 g/mol. The zero-order valence-electron chi connectivity index (χ0n) is 13.2. The summed E-state index contributed by atoms with van der Waals surface area (Å²) in [5.74, 6) is 0.980. The highest BCUT2D eigenvalue weighted by Gasteiger charge is 2.28. The van der Waals surface area contributed by atoms with Crippen LogP contribution in [-0.4, -0.2) is 50.7 Å². The van der Waals surface area contributed by atoms with Gasteiger partial charge in [0.25, 0.3) is 5.91 Å². The summed E-state index contributed by atoms with van der Waals surface area (Å²) in [4.78, 5) is 30.2. The quantitative estimate of drug-likeness (QED) is 0.872. The molecule has 0 atom stereocenters. The van der Waals surface area contributed by atoms with Gasteiger partial charge >= 0.3 is 5.69 Å². The first-order valence-corrected chi connectivity index (χ1v) is 8.59. The van der Waals surface area contributed by atoms with Gasteiger partial charge in [-0.25, -0.2) is 14.9 Å². The third-order valence-corrected chi connectivity index (χ3v) is 5.05. The van der Waals surface area contributed by atoms with E-state index in [-0.39, 0.29) is 17.5 Å². The lowest BCUT2D eigenvalue weighted by Gasteiger charge is -2.31. The molecule has 0 bridgehead atoms. The lowest BCUT2D eigenvalue weighted by molar-refractivity contribution is 0.0705. The molecule has 1 aliphatic rings. The minimum atomic E-state index is -0.164. The Morgan fingerprint density at radius 1 is 1.48 bits per heavy atom. The molecule has 1 saturated heterocycles. The molecule has 2 N–H and O–H groups in total. The van der Waals surface area contributed by atoms with Crippen LogP contribution in [-0.2, 0) is 6.54 Å². The summed E-state index contributed by atoms with van der Waals surface area (Å²) in [7, 11) is 1.79. The number of anilines is 1. The van der Waals surface area contributed by atoms with E-state index in [1.165, 1.54) is 11.3 Å². The van der Waals surface area contributed by atoms with Crippen LogP contribution in [0.4, 0.5) is 5.13 Å². The predicted octanol–water partition coefficient (Wildman–Crippen LogP) is 1.11. The fourth-order valence-corrected chi connectivity index (χ4v) is 3.58. The molecule has 124 valence electrons. The van der Waals surface area contributed by atoms with E-state index in [0.717, 1.165) is 23.8 Å². The van der Waals surface area contributed by atoms with Crippen molar-refractivity contribution < 1.29 is 4.79 Å². The number of piperidine rings is 1. The minimum Gasteiger partial charge on any atom is -0.365 e. The molecule has 3 heterocycles. The number of nitrogens with zero attached hydrogens (tertiary/aromatic N) is 4. The molecule has 1 fully saturated rings. The van der Waals surface area contributed by atoms with Gasteiger partial charge in [0.05, 0.1) is 0 Å². The molecule has 0 unspecified atom stereocenters. The van der Waals surface area contributed by atoms with E-state index in [4.69, 9.17) is 0 Å². The SMILES string of the molecule is CCn1c(C2CCN(C(=O)c3csc(NC)n3)CC2)n[nH]c1=O. The van der Waals surface area contributed by atoms with Crippen molar-refractivity contribution in [3.8, 4) is 0 Å². The van der Waals surface area contributed by atoms with Gasteiger partial charge in [0.2, 0.25) is 0 Å². The van der Waals surface area contributed by atoms with Crippen molar-refractivity contribution >= 4 is 22.4 Å². The first-order chi connectivity index (χ1) is 11.1. The Hall–Kier alpha value is -2.16. The molecular formula is C14H20N6O2S. The van der Waals surface area contributed by atoms with Crippen molar-refractivity contribution in [2.45, 2.75) is 32.2 Å². The van der Waals surface area contributed by atoms with E-state index < -0.39 is 0 Å². The van der Waals surface area contributed by atoms with Gasteiger partial charge in [-0.1, -0.05) is 0 Å². The van der Waals surface area contributed by atoms with Crippen LogP contribution in [0.15, 0.2) is 10.2 Å². The second-order valence-electron chi connectivity index (χ2n) is 5.49. The lowest BCUT2D eigenvalue weighted by Crippen LogP contribution is -2.38. The number of amides is 1. The Bertz CT molecular complexity index is 741. The Balaban J connectivity index is 1.66. The van der Waals surface area contributed by atoms with Crippen molar-refractivity contribution in [3.63, 3.8) is 0 Å². The lowest BCUT2D eigenvalue weighted by atomic mass is 9.95. The van der Waals surface area contributed by atoms with Gasteiger partial charge < -0.3 is 10.2 Å². The van der Waals surface area contributed by atoms with Gasteiger partial charge in [-0.15, -0.1) is 11.3 Å². The molecule has 0 aromatic carbocycles. The van der Waals surface area contributed by atoms with Crippen LogP contribution < -0.4 is 11.0 Å². The Morgan fingerprint density at radius 3 is 2.83 bits per heavy atom. The van der Waals surface area contributed by atoms with Crippen LogP contribution in [0.1, 0.15) is 42.0 Å². The average molecular weight is 336 g/mol. The van der Waals surface area contributed by atoms with Gasteiger partial charge in [0.15, 0.2) is 5.13 Å². The molecule has 23 heavy (non-hydrogen) atoms. The molecule has 0 saturated carbocycles. The maximum atomic E-state index is 12.5. The molecule has 8 nitrogen and oxygen atoms in total. The summed E-state index contributed by atoms with van der Waals surface area (Å²) >= 11 is 1.43. The van der Waals surface area contributed by atoms with E-state index in [9.17, 15) is 9.59 Å². The number of hydrogen-bond acceptors (Lipinski definition) is 6.